The Balaban J connectivity index is 2.03. The second-order valence-corrected chi connectivity index (χ2v) is 6.32. The fraction of sp³-hybridized carbons (Fsp3) is 0.0588. The van der Waals surface area contributed by atoms with Crippen molar-refractivity contribution in [2.24, 2.45) is 0 Å². The van der Waals surface area contributed by atoms with Gasteiger partial charge >= 0.3 is 12.1 Å². The molecule has 1 amide bonds. The third kappa shape index (κ3) is 3.43. The van der Waals surface area contributed by atoms with E-state index in [1.165, 1.54) is 6.07 Å². The summed E-state index contributed by atoms with van der Waals surface area (Å²) in [4.78, 5) is 26.5. The number of rotatable bonds is 3. The van der Waals surface area contributed by atoms with Crippen LogP contribution in [0.4, 0.5) is 18.9 Å². The summed E-state index contributed by atoms with van der Waals surface area (Å²) in [6, 6.07) is 8.79. The summed E-state index contributed by atoms with van der Waals surface area (Å²) in [6.07, 6.45) is -4.59. The van der Waals surface area contributed by atoms with E-state index in [4.69, 9.17) is 0 Å². The van der Waals surface area contributed by atoms with Crippen LogP contribution in [0.25, 0.3) is 10.9 Å². The number of amides is 1. The number of carboxylic acid groups (broad SMARTS) is 1. The number of nitrogens with one attached hydrogen (secondary N) is 2. The summed E-state index contributed by atoms with van der Waals surface area (Å²) >= 11 is 3.26. The molecule has 1 heterocycles. The van der Waals surface area contributed by atoms with Crippen LogP contribution in [-0.2, 0) is 6.18 Å². The summed E-state index contributed by atoms with van der Waals surface area (Å²) < 4.78 is 39.1. The molecule has 1 aromatic heterocycles. The third-order valence-electron chi connectivity index (χ3n) is 3.67. The van der Waals surface area contributed by atoms with E-state index in [2.05, 4.69) is 26.2 Å². The van der Waals surface area contributed by atoms with Crippen molar-refractivity contribution in [3.63, 3.8) is 0 Å². The van der Waals surface area contributed by atoms with E-state index in [9.17, 15) is 27.9 Å². The van der Waals surface area contributed by atoms with Crippen molar-refractivity contribution in [3.05, 3.63) is 63.8 Å². The number of aromatic nitrogens is 1. The van der Waals surface area contributed by atoms with Crippen LogP contribution in [0.5, 0.6) is 0 Å². The number of hydrogen-bond donors (Lipinski definition) is 3. The van der Waals surface area contributed by atoms with Crippen LogP contribution in [-0.4, -0.2) is 22.0 Å². The highest BCUT2D eigenvalue weighted by atomic mass is 79.9. The van der Waals surface area contributed by atoms with Gasteiger partial charge < -0.3 is 15.4 Å². The normalized spacial score (nSPS) is 11.5. The molecule has 134 valence electrons. The zero-order chi connectivity index (χ0) is 19.1. The lowest BCUT2D eigenvalue weighted by Crippen LogP contribution is -2.15. The third-order valence-corrected chi connectivity index (χ3v) is 4.16. The van der Waals surface area contributed by atoms with Crippen molar-refractivity contribution in [2.45, 2.75) is 6.18 Å². The Labute approximate surface area is 153 Å². The minimum atomic E-state index is -4.59. The van der Waals surface area contributed by atoms with Crippen LogP contribution in [0.1, 0.15) is 26.4 Å². The number of H-pyrrole nitrogens is 1. The van der Waals surface area contributed by atoms with Gasteiger partial charge in [-0.15, -0.1) is 0 Å². The molecule has 0 aliphatic rings. The largest absolute Gasteiger partial charge is 0.477 e. The number of alkyl halides is 3. The van der Waals surface area contributed by atoms with Crippen LogP contribution < -0.4 is 5.32 Å². The van der Waals surface area contributed by atoms with Crippen LogP contribution >= 0.6 is 15.9 Å². The number of aromatic amines is 1. The van der Waals surface area contributed by atoms with Crippen molar-refractivity contribution in [3.8, 4) is 0 Å². The Kier molecular flexibility index (Phi) is 4.49. The van der Waals surface area contributed by atoms with E-state index < -0.39 is 23.6 Å². The number of halogens is 4. The molecule has 2 aromatic carbocycles. The van der Waals surface area contributed by atoms with E-state index in [1.807, 2.05) is 0 Å². The average Bonchev–Trinajstić information content (AvgIpc) is 2.92. The van der Waals surface area contributed by atoms with Gasteiger partial charge in [0.1, 0.15) is 5.69 Å². The fourth-order valence-corrected chi connectivity index (χ4v) is 2.84. The highest BCUT2D eigenvalue weighted by Gasteiger charge is 2.31. The Morgan fingerprint density at radius 1 is 1.12 bits per heavy atom. The second-order valence-electron chi connectivity index (χ2n) is 5.40. The first-order valence-corrected chi connectivity index (χ1v) is 7.99. The number of fused-ring (bicyclic) bond motifs is 1. The molecule has 0 atom stereocenters. The van der Waals surface area contributed by atoms with Gasteiger partial charge in [0, 0.05) is 20.9 Å². The van der Waals surface area contributed by atoms with Crippen LogP contribution in [0.3, 0.4) is 0 Å². The van der Waals surface area contributed by atoms with Crippen molar-refractivity contribution in [2.75, 3.05) is 5.32 Å². The molecule has 0 saturated heterocycles. The molecule has 0 bridgehead atoms. The number of carbonyl (C=O) groups excluding carboxylic acids is 1. The van der Waals surface area contributed by atoms with Gasteiger partial charge in [0.2, 0.25) is 0 Å². The summed E-state index contributed by atoms with van der Waals surface area (Å²) in [5, 5.41) is 12.1. The SMILES string of the molecule is O=C(Nc1c(C(=O)O)[nH]c2ccc(Br)cc12)c1cccc(C(F)(F)F)c1. The van der Waals surface area contributed by atoms with Crippen LogP contribution in [0, 0.1) is 0 Å². The standard InChI is InChI=1S/C17H10BrF3N2O3/c18-10-4-5-12-11(7-10)13(14(22-12)16(25)26)23-15(24)8-2-1-3-9(6-8)17(19,20)21/h1-7,22H,(H,23,24)(H,25,26). The molecule has 3 N–H and O–H groups in total. The van der Waals surface area contributed by atoms with Crippen molar-refractivity contribution >= 4 is 44.4 Å². The number of anilines is 1. The van der Waals surface area contributed by atoms with Gasteiger partial charge in [-0.1, -0.05) is 22.0 Å². The minimum absolute atomic E-state index is 0.0174. The summed E-state index contributed by atoms with van der Waals surface area (Å²) in [7, 11) is 0. The van der Waals surface area contributed by atoms with Crippen molar-refractivity contribution in [1.29, 1.82) is 0 Å². The fourth-order valence-electron chi connectivity index (χ4n) is 2.48. The molecular formula is C17H10BrF3N2O3. The minimum Gasteiger partial charge on any atom is -0.477 e. The van der Waals surface area contributed by atoms with Gasteiger partial charge in [0.15, 0.2) is 0 Å². The maximum absolute atomic E-state index is 12.8. The molecule has 0 saturated carbocycles. The maximum atomic E-state index is 12.8. The lowest BCUT2D eigenvalue weighted by molar-refractivity contribution is -0.137. The Morgan fingerprint density at radius 2 is 1.85 bits per heavy atom. The molecular weight excluding hydrogens is 417 g/mol. The summed E-state index contributed by atoms with van der Waals surface area (Å²) in [5.41, 5.74) is -1.02. The topological polar surface area (TPSA) is 82.2 Å². The van der Waals surface area contributed by atoms with Crippen LogP contribution in [0.15, 0.2) is 46.9 Å². The number of carbonyl (C=O) groups is 2. The van der Waals surface area contributed by atoms with E-state index in [0.29, 0.717) is 21.4 Å². The molecule has 26 heavy (non-hydrogen) atoms. The predicted molar refractivity (Wildman–Crippen MR) is 92.4 cm³/mol. The monoisotopic (exact) mass is 426 g/mol. The highest BCUT2D eigenvalue weighted by Crippen LogP contribution is 2.32. The lowest BCUT2D eigenvalue weighted by atomic mass is 10.1. The Morgan fingerprint density at radius 3 is 2.50 bits per heavy atom. The predicted octanol–water partition coefficient (Wildman–Crippen LogP) is 4.90. The quantitative estimate of drug-likeness (QED) is 0.556. The van der Waals surface area contributed by atoms with Gasteiger partial charge in [0.25, 0.3) is 5.91 Å². The number of benzene rings is 2. The average molecular weight is 427 g/mol. The molecule has 9 heteroatoms. The molecule has 0 fully saturated rings. The van der Waals surface area contributed by atoms with Gasteiger partial charge in [-0.3, -0.25) is 4.79 Å². The van der Waals surface area contributed by atoms with E-state index >= 15 is 0 Å². The molecule has 0 aliphatic carbocycles. The molecule has 0 radical (unpaired) electrons. The second kappa shape index (κ2) is 6.49. The first-order chi connectivity index (χ1) is 12.2. The first kappa shape index (κ1) is 18.0. The highest BCUT2D eigenvalue weighted by molar-refractivity contribution is 9.10. The van der Waals surface area contributed by atoms with Crippen molar-refractivity contribution in [1.82, 2.24) is 4.98 Å². The molecule has 3 rings (SSSR count). The summed E-state index contributed by atoms with van der Waals surface area (Å²) in [6.45, 7) is 0. The number of hydrogen-bond acceptors (Lipinski definition) is 2. The van der Waals surface area contributed by atoms with Gasteiger partial charge in [-0.2, -0.15) is 13.2 Å². The molecule has 5 nitrogen and oxygen atoms in total. The maximum Gasteiger partial charge on any atom is 0.416 e. The van der Waals surface area contributed by atoms with Crippen molar-refractivity contribution < 1.29 is 27.9 Å². The summed E-state index contributed by atoms with van der Waals surface area (Å²) in [5.74, 6) is -2.16. The van der Waals surface area contributed by atoms with Gasteiger partial charge in [-0.25, -0.2) is 4.79 Å². The van der Waals surface area contributed by atoms with E-state index in [0.717, 1.165) is 12.1 Å². The smallest absolute Gasteiger partial charge is 0.416 e. The van der Waals surface area contributed by atoms with E-state index in [1.54, 1.807) is 18.2 Å². The first-order valence-electron chi connectivity index (χ1n) is 7.20. The van der Waals surface area contributed by atoms with Crippen LogP contribution in [0.2, 0.25) is 0 Å². The molecule has 3 aromatic rings. The molecule has 0 spiro atoms. The Hall–Kier alpha value is -2.81. The zero-order valence-electron chi connectivity index (χ0n) is 12.8. The van der Waals surface area contributed by atoms with Gasteiger partial charge in [-0.05, 0) is 36.4 Å². The lowest BCUT2D eigenvalue weighted by Gasteiger charge is -2.09. The number of carboxylic acids is 1. The Bertz CT molecular complexity index is 1030. The zero-order valence-corrected chi connectivity index (χ0v) is 14.4. The number of aromatic carboxylic acids is 1. The molecule has 0 aliphatic heterocycles. The molecule has 0 unspecified atom stereocenters. The van der Waals surface area contributed by atoms with E-state index in [-0.39, 0.29) is 16.9 Å². The van der Waals surface area contributed by atoms with Gasteiger partial charge in [0.05, 0.1) is 11.3 Å².